The maximum absolute atomic E-state index is 13.8. The van der Waals surface area contributed by atoms with Crippen LogP contribution in [0.4, 0.5) is 0 Å². The van der Waals surface area contributed by atoms with Crippen LogP contribution in [0.15, 0.2) is 78.9 Å². The lowest BCUT2D eigenvalue weighted by Crippen LogP contribution is -2.52. The molecular weight excluding hydrogens is 460 g/mol. The van der Waals surface area contributed by atoms with Gasteiger partial charge in [-0.3, -0.25) is 9.59 Å². The van der Waals surface area contributed by atoms with Crippen molar-refractivity contribution < 1.29 is 14.3 Å². The molecule has 0 spiro atoms. The summed E-state index contributed by atoms with van der Waals surface area (Å²) in [5, 5.41) is 3.02. The van der Waals surface area contributed by atoms with Gasteiger partial charge < -0.3 is 15.0 Å². The summed E-state index contributed by atoms with van der Waals surface area (Å²) in [6.07, 6.45) is 0.412. The molecule has 3 aromatic carbocycles. The zero-order valence-corrected chi connectivity index (χ0v) is 23.0. The lowest BCUT2D eigenvalue weighted by molar-refractivity contribution is -0.143. The molecule has 0 aliphatic heterocycles. The molecule has 0 aliphatic carbocycles. The van der Waals surface area contributed by atoms with Crippen LogP contribution in [0.5, 0.6) is 5.75 Å². The lowest BCUT2D eigenvalue weighted by atomic mass is 9.86. The molecule has 3 rings (SSSR count). The van der Waals surface area contributed by atoms with Gasteiger partial charge in [-0.15, -0.1) is 0 Å². The minimum absolute atomic E-state index is 0.0448. The van der Waals surface area contributed by atoms with Gasteiger partial charge in [0, 0.05) is 19.0 Å². The van der Waals surface area contributed by atoms with Crippen LogP contribution in [-0.4, -0.2) is 35.4 Å². The minimum atomic E-state index is -0.681. The van der Waals surface area contributed by atoms with Gasteiger partial charge in [0.05, 0.1) is 0 Å². The number of benzene rings is 3. The molecule has 0 saturated carbocycles. The molecule has 5 heteroatoms. The Hall–Kier alpha value is -3.60. The molecule has 0 aromatic heterocycles. The Labute approximate surface area is 221 Å². The van der Waals surface area contributed by atoms with E-state index in [0.717, 1.165) is 22.3 Å². The Balaban J connectivity index is 1.94. The topological polar surface area (TPSA) is 58.6 Å². The van der Waals surface area contributed by atoms with Gasteiger partial charge in [-0.1, -0.05) is 99.1 Å². The van der Waals surface area contributed by atoms with Gasteiger partial charge in [0.25, 0.3) is 5.91 Å². The molecule has 0 bridgehead atoms. The normalized spacial score (nSPS) is 12.2. The number of para-hydroxylation sites is 1. The number of carbonyl (C=O) groups is 2. The molecular formula is C32H40N2O3. The predicted octanol–water partition coefficient (Wildman–Crippen LogP) is 5.84. The summed E-state index contributed by atoms with van der Waals surface area (Å²) in [6.45, 7) is 12.4. The number of amides is 2. The molecule has 37 heavy (non-hydrogen) atoms. The van der Waals surface area contributed by atoms with Crippen LogP contribution < -0.4 is 10.1 Å². The average Bonchev–Trinajstić information content (AvgIpc) is 2.84. The van der Waals surface area contributed by atoms with Crippen molar-refractivity contribution in [1.29, 1.82) is 0 Å². The van der Waals surface area contributed by atoms with Crippen LogP contribution in [0, 0.1) is 6.92 Å². The maximum atomic E-state index is 13.8. The van der Waals surface area contributed by atoms with Crippen molar-refractivity contribution in [1.82, 2.24) is 10.2 Å². The third kappa shape index (κ3) is 8.21. The fourth-order valence-corrected chi connectivity index (χ4v) is 4.38. The van der Waals surface area contributed by atoms with Crippen molar-refractivity contribution >= 4 is 11.8 Å². The Morgan fingerprint density at radius 2 is 1.54 bits per heavy atom. The molecule has 0 unspecified atom stereocenters. The van der Waals surface area contributed by atoms with Crippen molar-refractivity contribution in [2.75, 3.05) is 6.61 Å². The van der Waals surface area contributed by atoms with E-state index in [1.165, 1.54) is 0 Å². The summed E-state index contributed by atoms with van der Waals surface area (Å²) < 4.78 is 6.11. The van der Waals surface area contributed by atoms with Crippen LogP contribution in [-0.2, 0) is 28.0 Å². The fraction of sp³-hybridized carbons (Fsp3) is 0.375. The van der Waals surface area contributed by atoms with Crippen LogP contribution in [0.2, 0.25) is 0 Å². The summed E-state index contributed by atoms with van der Waals surface area (Å²) in [4.78, 5) is 29.0. The number of carbonyl (C=O) groups excluding carboxylic acids is 2. The molecule has 2 amide bonds. The molecule has 0 aliphatic rings. The standard InChI is InChI=1S/C32H40N2O3/c1-23(2)33-31(36)28(20-25-14-8-7-9-15-25)34(21-26-16-12-13-24(3)19-26)30(35)22-37-29-18-11-10-17-27(29)32(4,5)6/h7-19,23,28H,20-22H2,1-6H3,(H,33,36)/t28-/m1/s1. The summed E-state index contributed by atoms with van der Waals surface area (Å²) in [6, 6.07) is 24.9. The molecule has 3 aromatic rings. The Morgan fingerprint density at radius 1 is 0.892 bits per heavy atom. The Bertz CT molecular complexity index is 1180. The molecule has 0 saturated heterocycles. The van der Waals surface area contributed by atoms with E-state index >= 15 is 0 Å². The third-order valence-corrected chi connectivity index (χ3v) is 6.18. The maximum Gasteiger partial charge on any atom is 0.261 e. The molecule has 1 atom stereocenters. The van der Waals surface area contributed by atoms with E-state index in [1.54, 1.807) is 4.90 Å². The molecule has 0 heterocycles. The second kappa shape index (κ2) is 12.6. The number of aryl methyl sites for hydroxylation is 1. The van der Waals surface area contributed by atoms with Crippen molar-refractivity contribution in [3.05, 3.63) is 101 Å². The summed E-state index contributed by atoms with van der Waals surface area (Å²) >= 11 is 0. The first kappa shape index (κ1) is 28.0. The predicted molar refractivity (Wildman–Crippen MR) is 150 cm³/mol. The summed E-state index contributed by atoms with van der Waals surface area (Å²) in [7, 11) is 0. The number of rotatable bonds is 10. The van der Waals surface area contributed by atoms with Crippen molar-refractivity contribution in [3.8, 4) is 5.75 Å². The van der Waals surface area contributed by atoms with E-state index in [9.17, 15) is 9.59 Å². The minimum Gasteiger partial charge on any atom is -0.483 e. The number of hydrogen-bond donors (Lipinski definition) is 1. The first-order valence-electron chi connectivity index (χ1n) is 13.0. The molecule has 1 N–H and O–H groups in total. The zero-order chi connectivity index (χ0) is 27.0. The highest BCUT2D eigenvalue weighted by Gasteiger charge is 2.31. The average molecular weight is 501 g/mol. The van der Waals surface area contributed by atoms with E-state index in [0.29, 0.717) is 18.7 Å². The number of nitrogens with zero attached hydrogens (tertiary/aromatic N) is 1. The van der Waals surface area contributed by atoms with Gasteiger partial charge in [0.1, 0.15) is 11.8 Å². The fourth-order valence-electron chi connectivity index (χ4n) is 4.38. The van der Waals surface area contributed by atoms with Crippen molar-refractivity contribution in [3.63, 3.8) is 0 Å². The lowest BCUT2D eigenvalue weighted by Gasteiger charge is -2.32. The highest BCUT2D eigenvalue weighted by Crippen LogP contribution is 2.31. The first-order chi connectivity index (χ1) is 17.5. The number of nitrogens with one attached hydrogen (secondary N) is 1. The second-order valence-electron chi connectivity index (χ2n) is 10.9. The van der Waals surface area contributed by atoms with Crippen molar-refractivity contribution in [2.24, 2.45) is 0 Å². The molecule has 0 fully saturated rings. The van der Waals surface area contributed by atoms with Gasteiger partial charge in [-0.2, -0.15) is 0 Å². The van der Waals surface area contributed by atoms with Crippen LogP contribution in [0.25, 0.3) is 0 Å². The van der Waals surface area contributed by atoms with Gasteiger partial charge in [-0.05, 0) is 48.9 Å². The van der Waals surface area contributed by atoms with Gasteiger partial charge in [0.15, 0.2) is 6.61 Å². The largest absolute Gasteiger partial charge is 0.483 e. The smallest absolute Gasteiger partial charge is 0.261 e. The highest BCUT2D eigenvalue weighted by molar-refractivity contribution is 5.88. The van der Waals surface area contributed by atoms with Gasteiger partial charge >= 0.3 is 0 Å². The van der Waals surface area contributed by atoms with E-state index in [2.05, 4.69) is 32.2 Å². The van der Waals surface area contributed by atoms with E-state index < -0.39 is 6.04 Å². The summed E-state index contributed by atoms with van der Waals surface area (Å²) in [5.74, 6) is 0.283. The number of hydrogen-bond acceptors (Lipinski definition) is 3. The molecule has 5 nitrogen and oxygen atoms in total. The SMILES string of the molecule is Cc1cccc(CN(C(=O)COc2ccccc2C(C)(C)C)[C@H](Cc2ccccc2)C(=O)NC(C)C)c1. The zero-order valence-electron chi connectivity index (χ0n) is 23.0. The highest BCUT2D eigenvalue weighted by atomic mass is 16.5. The second-order valence-corrected chi connectivity index (χ2v) is 10.9. The van der Waals surface area contributed by atoms with Crippen LogP contribution in [0.1, 0.15) is 56.9 Å². The van der Waals surface area contributed by atoms with Gasteiger partial charge in [-0.25, -0.2) is 0 Å². The van der Waals surface area contributed by atoms with E-state index in [-0.39, 0.29) is 29.9 Å². The van der Waals surface area contributed by atoms with Crippen molar-refractivity contribution in [2.45, 2.75) is 72.0 Å². The van der Waals surface area contributed by atoms with E-state index in [4.69, 9.17) is 4.74 Å². The Kier molecular flexibility index (Phi) is 9.51. The number of ether oxygens (including phenoxy) is 1. The molecule has 196 valence electrons. The first-order valence-corrected chi connectivity index (χ1v) is 13.0. The monoisotopic (exact) mass is 500 g/mol. The Morgan fingerprint density at radius 3 is 2.19 bits per heavy atom. The van der Waals surface area contributed by atoms with Gasteiger partial charge in [0.2, 0.25) is 5.91 Å². The quantitative estimate of drug-likeness (QED) is 0.381. The van der Waals surface area contributed by atoms with Crippen LogP contribution in [0.3, 0.4) is 0 Å². The summed E-state index contributed by atoms with van der Waals surface area (Å²) in [5.41, 5.74) is 3.97. The van der Waals surface area contributed by atoms with Crippen LogP contribution >= 0.6 is 0 Å². The third-order valence-electron chi connectivity index (χ3n) is 6.18. The van der Waals surface area contributed by atoms with E-state index in [1.807, 2.05) is 93.6 Å². The molecule has 0 radical (unpaired) electrons.